The van der Waals surface area contributed by atoms with Crippen molar-refractivity contribution in [3.05, 3.63) is 69.4 Å². The summed E-state index contributed by atoms with van der Waals surface area (Å²) in [5.41, 5.74) is 0.612. The fourth-order valence-corrected chi connectivity index (χ4v) is 3.32. The van der Waals surface area contributed by atoms with E-state index in [9.17, 15) is 18.9 Å². The smallest absolute Gasteiger partial charge is 0.333 e. The molecule has 1 aliphatic rings. The lowest BCUT2D eigenvalue weighted by Crippen LogP contribution is -2.22. The molecule has 0 amide bonds. The fourth-order valence-electron chi connectivity index (χ4n) is 3.32. The second-order valence-corrected chi connectivity index (χ2v) is 6.27. The van der Waals surface area contributed by atoms with Crippen molar-refractivity contribution < 1.29 is 13.7 Å². The van der Waals surface area contributed by atoms with E-state index >= 15 is 0 Å². The molecule has 4 rings (SSSR count). The van der Waals surface area contributed by atoms with Gasteiger partial charge in [-0.05, 0) is 43.0 Å². The molecule has 138 valence electrons. The summed E-state index contributed by atoms with van der Waals surface area (Å²) >= 11 is 0. The lowest BCUT2D eigenvalue weighted by molar-refractivity contribution is -0.385. The van der Waals surface area contributed by atoms with Gasteiger partial charge in [-0.1, -0.05) is 0 Å². The van der Waals surface area contributed by atoms with Crippen LogP contribution in [0.4, 0.5) is 20.4 Å². The van der Waals surface area contributed by atoms with E-state index in [0.29, 0.717) is 11.1 Å². The van der Waals surface area contributed by atoms with Crippen LogP contribution in [0.15, 0.2) is 30.9 Å². The number of halogens is 2. The molecule has 1 aromatic carbocycles. The third-order valence-electron chi connectivity index (χ3n) is 4.52. The number of hydrogen-bond donors (Lipinski definition) is 1. The summed E-state index contributed by atoms with van der Waals surface area (Å²) in [5, 5.41) is 14.4. The lowest BCUT2D eigenvalue weighted by Gasteiger charge is -2.14. The van der Waals surface area contributed by atoms with Crippen LogP contribution in [0.1, 0.15) is 16.8 Å². The first-order chi connectivity index (χ1) is 12.9. The zero-order chi connectivity index (χ0) is 19.1. The van der Waals surface area contributed by atoms with Crippen LogP contribution in [-0.2, 0) is 12.8 Å². The summed E-state index contributed by atoms with van der Waals surface area (Å²) in [6.07, 6.45) is 4.97. The molecule has 0 spiro atoms. The predicted octanol–water partition coefficient (Wildman–Crippen LogP) is 2.74. The lowest BCUT2D eigenvalue weighted by atomic mass is 10.1. The van der Waals surface area contributed by atoms with Crippen LogP contribution in [0, 0.1) is 28.7 Å². The number of nitro groups is 1. The maximum Gasteiger partial charge on any atom is 0.333 e. The Morgan fingerprint density at radius 2 is 1.89 bits per heavy atom. The highest BCUT2D eigenvalue weighted by Gasteiger charge is 2.29. The summed E-state index contributed by atoms with van der Waals surface area (Å²) in [5.74, 6) is -0.674. The maximum atomic E-state index is 13.9. The normalized spacial score (nSPS) is 13.6. The van der Waals surface area contributed by atoms with E-state index in [1.165, 1.54) is 30.2 Å². The van der Waals surface area contributed by atoms with Crippen LogP contribution in [0.3, 0.4) is 0 Å². The average molecular weight is 372 g/mol. The number of benzene rings is 1. The van der Waals surface area contributed by atoms with Gasteiger partial charge in [-0.2, -0.15) is 4.98 Å². The summed E-state index contributed by atoms with van der Waals surface area (Å²) in [7, 11) is 0. The number of anilines is 1. The van der Waals surface area contributed by atoms with E-state index in [4.69, 9.17) is 0 Å². The van der Waals surface area contributed by atoms with Crippen molar-refractivity contribution in [2.24, 2.45) is 0 Å². The Kier molecular flexibility index (Phi) is 4.02. The molecule has 0 saturated heterocycles. The Labute approximate surface area is 152 Å². The van der Waals surface area contributed by atoms with E-state index < -0.39 is 16.6 Å². The molecule has 0 bridgehead atoms. The highest BCUT2D eigenvalue weighted by atomic mass is 19.1. The van der Waals surface area contributed by atoms with Crippen molar-refractivity contribution in [2.75, 3.05) is 5.32 Å². The van der Waals surface area contributed by atoms with Crippen molar-refractivity contribution in [2.45, 2.75) is 25.8 Å². The Morgan fingerprint density at radius 1 is 1.22 bits per heavy atom. The Hall–Kier alpha value is -3.43. The van der Waals surface area contributed by atoms with Crippen LogP contribution >= 0.6 is 0 Å². The third-order valence-corrected chi connectivity index (χ3v) is 4.52. The van der Waals surface area contributed by atoms with Crippen molar-refractivity contribution in [3.8, 4) is 5.82 Å². The molecule has 3 aromatic rings. The molecule has 0 aliphatic heterocycles. The van der Waals surface area contributed by atoms with Gasteiger partial charge in [-0.15, -0.1) is 0 Å². The molecular formula is C17H14F2N6O2. The van der Waals surface area contributed by atoms with Gasteiger partial charge in [-0.25, -0.2) is 18.7 Å². The average Bonchev–Trinajstić information content (AvgIpc) is 3.27. The number of fused-ring (bicyclic) bond motifs is 1. The van der Waals surface area contributed by atoms with Gasteiger partial charge in [0.05, 0.1) is 4.92 Å². The molecule has 27 heavy (non-hydrogen) atoms. The van der Waals surface area contributed by atoms with E-state index in [1.54, 1.807) is 0 Å². The largest absolute Gasteiger partial charge is 0.351 e. The standard InChI is InChI=1S/C17H14F2N6O2/c1-9-15(25(26)27)16(24-5-4-20-8-24)23-17(21-9)22-10-6-11-12(7-10)14(19)3-2-13(11)18/h2-5,8,10H,6-7H2,1H3,(H,21,22,23). The minimum absolute atomic E-state index is 0.0698. The van der Waals surface area contributed by atoms with Gasteiger partial charge in [0.1, 0.15) is 23.7 Å². The van der Waals surface area contributed by atoms with E-state index in [-0.39, 0.29) is 42.0 Å². The first-order valence-corrected chi connectivity index (χ1v) is 8.17. The van der Waals surface area contributed by atoms with Gasteiger partial charge in [0.15, 0.2) is 0 Å². The second-order valence-electron chi connectivity index (χ2n) is 6.27. The number of hydrogen-bond acceptors (Lipinski definition) is 6. The highest BCUT2D eigenvalue weighted by molar-refractivity contribution is 5.54. The molecule has 8 nitrogen and oxygen atoms in total. The van der Waals surface area contributed by atoms with E-state index in [2.05, 4.69) is 20.3 Å². The van der Waals surface area contributed by atoms with E-state index in [1.807, 2.05) is 0 Å². The molecule has 1 N–H and O–H groups in total. The molecule has 0 radical (unpaired) electrons. The monoisotopic (exact) mass is 372 g/mol. The number of aromatic nitrogens is 4. The molecule has 1 aliphatic carbocycles. The van der Waals surface area contributed by atoms with Crippen LogP contribution in [0.2, 0.25) is 0 Å². The molecule has 0 fully saturated rings. The summed E-state index contributed by atoms with van der Waals surface area (Å²) in [6.45, 7) is 1.51. The Bertz CT molecular complexity index is 1010. The van der Waals surface area contributed by atoms with Crippen molar-refractivity contribution in [3.63, 3.8) is 0 Å². The van der Waals surface area contributed by atoms with Crippen LogP contribution in [0.25, 0.3) is 5.82 Å². The minimum atomic E-state index is -0.551. The SMILES string of the molecule is Cc1nc(NC2Cc3c(F)ccc(F)c3C2)nc(-n2ccnc2)c1[N+](=O)[O-]. The number of imidazole rings is 1. The quantitative estimate of drug-likeness (QED) is 0.558. The van der Waals surface area contributed by atoms with E-state index in [0.717, 1.165) is 12.1 Å². The first-order valence-electron chi connectivity index (χ1n) is 8.17. The fraction of sp³-hybridized carbons (Fsp3) is 0.235. The Morgan fingerprint density at radius 3 is 2.44 bits per heavy atom. The van der Waals surface area contributed by atoms with Crippen molar-refractivity contribution in [1.29, 1.82) is 0 Å². The molecule has 0 unspecified atom stereocenters. The maximum absolute atomic E-state index is 13.9. The summed E-state index contributed by atoms with van der Waals surface area (Å²) in [4.78, 5) is 23.1. The van der Waals surface area contributed by atoms with Gasteiger partial charge in [0.25, 0.3) is 0 Å². The third kappa shape index (κ3) is 2.98. The van der Waals surface area contributed by atoms with Gasteiger partial charge in [0, 0.05) is 18.4 Å². The predicted molar refractivity (Wildman–Crippen MR) is 91.7 cm³/mol. The molecule has 10 heteroatoms. The van der Waals surface area contributed by atoms with Crippen LogP contribution in [-0.4, -0.2) is 30.5 Å². The van der Waals surface area contributed by atoms with Crippen LogP contribution in [0.5, 0.6) is 0 Å². The van der Waals surface area contributed by atoms with Crippen LogP contribution < -0.4 is 5.32 Å². The highest BCUT2D eigenvalue weighted by Crippen LogP contribution is 2.30. The van der Waals surface area contributed by atoms with Gasteiger partial charge in [-0.3, -0.25) is 14.7 Å². The van der Waals surface area contributed by atoms with Crippen molar-refractivity contribution >= 4 is 11.6 Å². The zero-order valence-corrected chi connectivity index (χ0v) is 14.2. The molecular weight excluding hydrogens is 358 g/mol. The summed E-state index contributed by atoms with van der Waals surface area (Å²) in [6, 6.07) is 1.91. The van der Waals surface area contributed by atoms with Gasteiger partial charge in [0.2, 0.25) is 11.8 Å². The van der Waals surface area contributed by atoms with Gasteiger partial charge < -0.3 is 5.32 Å². The number of nitrogens with zero attached hydrogens (tertiary/aromatic N) is 5. The molecule has 0 saturated carbocycles. The Balaban J connectivity index is 1.67. The second kappa shape index (κ2) is 6.38. The van der Waals surface area contributed by atoms with Crippen molar-refractivity contribution in [1.82, 2.24) is 19.5 Å². The topological polar surface area (TPSA) is 98.8 Å². The first kappa shape index (κ1) is 17.0. The zero-order valence-electron chi connectivity index (χ0n) is 14.2. The molecule has 2 aromatic heterocycles. The number of rotatable bonds is 4. The summed E-state index contributed by atoms with van der Waals surface area (Å²) < 4.78 is 29.3. The molecule has 0 atom stereocenters. The number of aryl methyl sites for hydroxylation is 1. The number of nitrogens with one attached hydrogen (secondary N) is 1. The van der Waals surface area contributed by atoms with Gasteiger partial charge >= 0.3 is 5.69 Å². The minimum Gasteiger partial charge on any atom is -0.351 e. The molecule has 2 heterocycles.